The third-order valence-electron chi connectivity index (χ3n) is 4.05. The maximum absolute atomic E-state index is 6.12. The predicted molar refractivity (Wildman–Crippen MR) is 80.6 cm³/mol. The van der Waals surface area contributed by atoms with Gasteiger partial charge in [0.15, 0.2) is 5.82 Å². The van der Waals surface area contributed by atoms with Gasteiger partial charge in [-0.25, -0.2) is 0 Å². The first kappa shape index (κ1) is 13.8. The van der Waals surface area contributed by atoms with Gasteiger partial charge in [0, 0.05) is 22.8 Å². The van der Waals surface area contributed by atoms with Crippen LogP contribution in [-0.4, -0.2) is 32.9 Å². The van der Waals surface area contributed by atoms with E-state index in [9.17, 15) is 0 Å². The highest BCUT2D eigenvalue weighted by molar-refractivity contribution is 8.06. The Kier molecular flexibility index (Phi) is 4.39. The van der Waals surface area contributed by atoms with Crippen LogP contribution in [0.4, 0.5) is 0 Å². The van der Waals surface area contributed by atoms with Crippen LogP contribution in [0.1, 0.15) is 55.5 Å². The number of thioether (sulfide) groups is 2. The molecule has 0 aromatic carbocycles. The Labute approximate surface area is 122 Å². The van der Waals surface area contributed by atoms with E-state index in [1.807, 2.05) is 23.5 Å². The van der Waals surface area contributed by atoms with Crippen molar-refractivity contribution in [3.05, 3.63) is 11.7 Å². The lowest BCUT2D eigenvalue weighted by Crippen LogP contribution is -2.23. The van der Waals surface area contributed by atoms with Gasteiger partial charge >= 0.3 is 0 Å². The number of aromatic nitrogens is 2. The van der Waals surface area contributed by atoms with Gasteiger partial charge in [0.1, 0.15) is 0 Å². The highest BCUT2D eigenvalue weighted by atomic mass is 32.2. The van der Waals surface area contributed by atoms with E-state index in [1.54, 1.807) is 0 Å². The standard InChI is InChI=1S/C13H21N3OS2/c1-2-10-11(19-7-6-18-10)12-15-13(17-16-12)8-4-3-5-9(8)14/h8-11H,2-7,14H2,1H3. The molecule has 106 valence electrons. The van der Waals surface area contributed by atoms with E-state index in [4.69, 9.17) is 10.3 Å². The summed E-state index contributed by atoms with van der Waals surface area (Å²) in [5.74, 6) is 4.35. The van der Waals surface area contributed by atoms with E-state index in [1.165, 1.54) is 17.9 Å². The van der Waals surface area contributed by atoms with Crippen LogP contribution < -0.4 is 5.73 Å². The Balaban J connectivity index is 1.76. The van der Waals surface area contributed by atoms with Gasteiger partial charge in [-0.05, 0) is 19.3 Å². The summed E-state index contributed by atoms with van der Waals surface area (Å²) in [5.41, 5.74) is 6.12. The lowest BCUT2D eigenvalue weighted by Gasteiger charge is -2.27. The molecule has 1 aliphatic carbocycles. The SMILES string of the molecule is CCC1SCCSC1c1noc(C2CCCC2N)n1. The first-order valence-electron chi connectivity index (χ1n) is 7.12. The smallest absolute Gasteiger partial charge is 0.231 e. The number of nitrogens with two attached hydrogens (primary N) is 1. The van der Waals surface area contributed by atoms with Crippen molar-refractivity contribution < 1.29 is 4.52 Å². The fraction of sp³-hybridized carbons (Fsp3) is 0.846. The molecule has 1 saturated carbocycles. The second-order valence-corrected chi connectivity index (χ2v) is 7.90. The second-order valence-electron chi connectivity index (χ2n) is 5.30. The van der Waals surface area contributed by atoms with Crippen LogP contribution in [0.15, 0.2) is 4.52 Å². The Morgan fingerprint density at radius 3 is 2.89 bits per heavy atom. The summed E-state index contributed by atoms with van der Waals surface area (Å²) < 4.78 is 5.50. The van der Waals surface area contributed by atoms with E-state index in [-0.39, 0.29) is 12.0 Å². The minimum absolute atomic E-state index is 0.198. The van der Waals surface area contributed by atoms with Crippen LogP contribution >= 0.6 is 23.5 Å². The average Bonchev–Trinajstić information content (AvgIpc) is 3.07. The number of rotatable bonds is 3. The third kappa shape index (κ3) is 2.81. The highest BCUT2D eigenvalue weighted by Crippen LogP contribution is 2.43. The fourth-order valence-corrected chi connectivity index (χ4v) is 5.93. The van der Waals surface area contributed by atoms with Gasteiger partial charge in [0.05, 0.1) is 11.2 Å². The molecule has 2 fully saturated rings. The molecule has 1 aliphatic heterocycles. The summed E-state index contributed by atoms with van der Waals surface area (Å²) in [5, 5.41) is 5.24. The van der Waals surface area contributed by atoms with Crippen molar-refractivity contribution in [3.8, 4) is 0 Å². The molecule has 2 heterocycles. The Bertz CT molecular complexity index is 426. The fourth-order valence-electron chi connectivity index (χ4n) is 2.95. The molecule has 2 aliphatic rings. The average molecular weight is 299 g/mol. The first-order chi connectivity index (χ1) is 9.29. The largest absolute Gasteiger partial charge is 0.339 e. The normalized spacial score (nSPS) is 35.7. The second kappa shape index (κ2) is 6.06. The van der Waals surface area contributed by atoms with Gasteiger partial charge < -0.3 is 10.3 Å². The van der Waals surface area contributed by atoms with E-state index >= 15 is 0 Å². The Morgan fingerprint density at radius 1 is 1.32 bits per heavy atom. The third-order valence-corrected chi connectivity index (χ3v) is 7.29. The summed E-state index contributed by atoms with van der Waals surface area (Å²) in [6, 6.07) is 0.198. The summed E-state index contributed by atoms with van der Waals surface area (Å²) >= 11 is 4.01. The summed E-state index contributed by atoms with van der Waals surface area (Å²) in [6.45, 7) is 2.24. The van der Waals surface area contributed by atoms with Crippen molar-refractivity contribution in [1.29, 1.82) is 0 Å². The van der Waals surface area contributed by atoms with Crippen molar-refractivity contribution in [3.63, 3.8) is 0 Å². The number of hydrogen-bond acceptors (Lipinski definition) is 6. The zero-order valence-corrected chi connectivity index (χ0v) is 12.9. The number of hydrogen-bond donors (Lipinski definition) is 1. The molecule has 4 atom stereocenters. The van der Waals surface area contributed by atoms with Crippen molar-refractivity contribution in [1.82, 2.24) is 10.1 Å². The zero-order chi connectivity index (χ0) is 13.2. The van der Waals surface area contributed by atoms with Gasteiger partial charge in [-0.2, -0.15) is 16.7 Å². The number of nitrogens with zero attached hydrogens (tertiary/aromatic N) is 2. The van der Waals surface area contributed by atoms with Crippen LogP contribution in [-0.2, 0) is 0 Å². The molecule has 3 rings (SSSR count). The molecule has 19 heavy (non-hydrogen) atoms. The quantitative estimate of drug-likeness (QED) is 0.925. The summed E-state index contributed by atoms with van der Waals surface area (Å²) in [4.78, 5) is 4.67. The zero-order valence-electron chi connectivity index (χ0n) is 11.2. The molecular weight excluding hydrogens is 278 g/mol. The van der Waals surface area contributed by atoms with Crippen LogP contribution in [0, 0.1) is 0 Å². The lowest BCUT2D eigenvalue weighted by atomic mass is 10.1. The minimum Gasteiger partial charge on any atom is -0.339 e. The van der Waals surface area contributed by atoms with Gasteiger partial charge in [-0.3, -0.25) is 0 Å². The molecule has 1 aromatic rings. The molecular formula is C13H21N3OS2. The molecule has 0 spiro atoms. The predicted octanol–water partition coefficient (Wildman–Crippen LogP) is 2.96. The minimum atomic E-state index is 0.198. The molecule has 1 aromatic heterocycles. The monoisotopic (exact) mass is 299 g/mol. The van der Waals surface area contributed by atoms with Crippen LogP contribution in [0.25, 0.3) is 0 Å². The van der Waals surface area contributed by atoms with Crippen LogP contribution in [0.3, 0.4) is 0 Å². The molecule has 6 heteroatoms. The van der Waals surface area contributed by atoms with Crippen molar-refractivity contribution >= 4 is 23.5 Å². The Hall–Kier alpha value is -0.200. The molecule has 4 nitrogen and oxygen atoms in total. The summed E-state index contributed by atoms with van der Waals surface area (Å²) in [7, 11) is 0. The van der Waals surface area contributed by atoms with Crippen LogP contribution in [0.2, 0.25) is 0 Å². The molecule has 0 amide bonds. The van der Waals surface area contributed by atoms with E-state index < -0.39 is 0 Å². The first-order valence-corrected chi connectivity index (χ1v) is 9.21. The lowest BCUT2D eigenvalue weighted by molar-refractivity contribution is 0.341. The van der Waals surface area contributed by atoms with E-state index in [2.05, 4.69) is 17.1 Å². The van der Waals surface area contributed by atoms with Gasteiger partial charge in [-0.15, -0.1) is 11.8 Å². The van der Waals surface area contributed by atoms with Crippen molar-refractivity contribution in [2.75, 3.05) is 11.5 Å². The maximum atomic E-state index is 6.12. The van der Waals surface area contributed by atoms with E-state index in [0.717, 1.165) is 31.0 Å². The maximum Gasteiger partial charge on any atom is 0.231 e. The molecule has 4 unspecified atom stereocenters. The van der Waals surface area contributed by atoms with Crippen LogP contribution in [0.5, 0.6) is 0 Å². The van der Waals surface area contributed by atoms with Crippen molar-refractivity contribution in [2.24, 2.45) is 5.73 Å². The van der Waals surface area contributed by atoms with Crippen molar-refractivity contribution in [2.45, 2.75) is 55.1 Å². The topological polar surface area (TPSA) is 64.9 Å². The van der Waals surface area contributed by atoms with E-state index in [0.29, 0.717) is 10.5 Å². The molecule has 0 bridgehead atoms. The summed E-state index contributed by atoms with van der Waals surface area (Å²) in [6.07, 6.45) is 4.50. The van der Waals surface area contributed by atoms with Gasteiger partial charge in [0.2, 0.25) is 5.89 Å². The molecule has 1 saturated heterocycles. The van der Waals surface area contributed by atoms with Gasteiger partial charge in [0.25, 0.3) is 0 Å². The Morgan fingerprint density at radius 2 is 2.16 bits per heavy atom. The molecule has 0 radical (unpaired) electrons. The highest BCUT2D eigenvalue weighted by Gasteiger charge is 2.34. The molecule has 2 N–H and O–H groups in total. The van der Waals surface area contributed by atoms with Gasteiger partial charge in [-0.1, -0.05) is 18.5 Å².